The van der Waals surface area contributed by atoms with E-state index in [4.69, 9.17) is 0 Å². The van der Waals surface area contributed by atoms with Crippen LogP contribution in [0.4, 0.5) is 5.69 Å². The van der Waals surface area contributed by atoms with E-state index in [1.54, 1.807) is 0 Å². The van der Waals surface area contributed by atoms with E-state index in [1.165, 1.54) is 12.1 Å². The highest BCUT2D eigenvalue weighted by atomic mass is 16.2. The van der Waals surface area contributed by atoms with Gasteiger partial charge in [0.1, 0.15) is 0 Å². The maximum atomic E-state index is 11.9. The Hall–Kier alpha value is -1.55. The number of amides is 1. The molecule has 110 valence electrons. The van der Waals surface area contributed by atoms with E-state index in [1.807, 2.05) is 18.2 Å². The molecule has 0 unspecified atom stereocenters. The molecule has 0 aromatic heterocycles. The molecular formula is C16H25N3O. The molecule has 4 heteroatoms. The zero-order valence-electron chi connectivity index (χ0n) is 12.3. The number of piperidine rings is 1. The fraction of sp³-hybridized carbons (Fsp3) is 0.562. The number of nitrogens with one attached hydrogen (secondary N) is 2. The molecule has 1 atom stereocenters. The highest BCUT2D eigenvalue weighted by Crippen LogP contribution is 2.11. The van der Waals surface area contributed by atoms with Gasteiger partial charge in [-0.1, -0.05) is 24.6 Å². The summed E-state index contributed by atoms with van der Waals surface area (Å²) in [5.41, 5.74) is 1.22. The number of carbonyl (C=O) groups excluding carboxylic acids is 1. The number of rotatable bonds is 6. The number of nitrogens with zero attached hydrogens (tertiary/aromatic N) is 1. The zero-order valence-corrected chi connectivity index (χ0v) is 12.3. The van der Waals surface area contributed by atoms with Crippen molar-refractivity contribution < 1.29 is 4.79 Å². The summed E-state index contributed by atoms with van der Waals surface area (Å²) in [7, 11) is 2.08. The number of hydrogen-bond donors (Lipinski definition) is 2. The lowest BCUT2D eigenvalue weighted by molar-refractivity contribution is -0.123. The van der Waals surface area contributed by atoms with E-state index >= 15 is 0 Å². The highest BCUT2D eigenvalue weighted by Gasteiger charge is 2.19. The van der Waals surface area contributed by atoms with E-state index < -0.39 is 0 Å². The van der Waals surface area contributed by atoms with Crippen molar-refractivity contribution in [2.75, 3.05) is 31.6 Å². The van der Waals surface area contributed by atoms with Gasteiger partial charge in [-0.2, -0.15) is 0 Å². The van der Waals surface area contributed by atoms with Crippen LogP contribution in [0.25, 0.3) is 0 Å². The van der Waals surface area contributed by atoms with E-state index in [2.05, 4.69) is 34.7 Å². The fourth-order valence-electron chi connectivity index (χ4n) is 2.54. The highest BCUT2D eigenvalue weighted by molar-refractivity contribution is 5.81. The summed E-state index contributed by atoms with van der Waals surface area (Å²) in [6.45, 7) is 2.66. The van der Waals surface area contributed by atoms with Gasteiger partial charge in [0.15, 0.2) is 0 Å². The normalized spacial score (nSPS) is 18.6. The molecule has 1 amide bonds. The SMILES string of the molecule is CN(CCCNC(=O)[C@H]1CCCCN1)c1ccccc1. The molecule has 1 aromatic carbocycles. The van der Waals surface area contributed by atoms with Gasteiger partial charge in [-0.3, -0.25) is 4.79 Å². The van der Waals surface area contributed by atoms with Gasteiger partial charge in [0.25, 0.3) is 0 Å². The molecule has 1 heterocycles. The Morgan fingerprint density at radius 3 is 2.85 bits per heavy atom. The maximum Gasteiger partial charge on any atom is 0.237 e. The lowest BCUT2D eigenvalue weighted by atomic mass is 10.0. The standard InChI is InChI=1S/C16H25N3O/c1-19(14-8-3-2-4-9-14)13-7-12-18-16(20)15-10-5-6-11-17-15/h2-4,8-9,15,17H,5-7,10-13H2,1H3,(H,18,20)/t15-/m1/s1. The topological polar surface area (TPSA) is 44.4 Å². The Labute approximate surface area is 121 Å². The van der Waals surface area contributed by atoms with Gasteiger partial charge in [0.05, 0.1) is 6.04 Å². The molecule has 0 bridgehead atoms. The summed E-state index contributed by atoms with van der Waals surface area (Å²) in [5, 5.41) is 6.30. The van der Waals surface area contributed by atoms with Gasteiger partial charge in [-0.15, -0.1) is 0 Å². The Morgan fingerprint density at radius 2 is 2.15 bits per heavy atom. The first-order valence-corrected chi connectivity index (χ1v) is 7.54. The summed E-state index contributed by atoms with van der Waals surface area (Å²) in [5.74, 6) is 0.159. The summed E-state index contributed by atoms with van der Waals surface area (Å²) < 4.78 is 0. The van der Waals surface area contributed by atoms with Crippen LogP contribution in [0.15, 0.2) is 30.3 Å². The van der Waals surface area contributed by atoms with Gasteiger partial charge in [-0.05, 0) is 37.9 Å². The van der Waals surface area contributed by atoms with E-state index in [0.717, 1.165) is 38.9 Å². The van der Waals surface area contributed by atoms with Gasteiger partial charge in [0, 0.05) is 25.8 Å². The van der Waals surface area contributed by atoms with Crippen molar-refractivity contribution in [2.24, 2.45) is 0 Å². The van der Waals surface area contributed by atoms with Crippen LogP contribution in [0.3, 0.4) is 0 Å². The van der Waals surface area contributed by atoms with Crippen LogP contribution in [0.1, 0.15) is 25.7 Å². The molecule has 1 aliphatic rings. The largest absolute Gasteiger partial charge is 0.375 e. The number of para-hydroxylation sites is 1. The molecule has 2 N–H and O–H groups in total. The minimum atomic E-state index is 0.0237. The van der Waals surface area contributed by atoms with Crippen molar-refractivity contribution in [1.29, 1.82) is 0 Å². The molecule has 4 nitrogen and oxygen atoms in total. The molecular weight excluding hydrogens is 250 g/mol. The molecule has 1 aromatic rings. The third-order valence-corrected chi connectivity index (χ3v) is 3.79. The van der Waals surface area contributed by atoms with Crippen molar-refractivity contribution in [3.63, 3.8) is 0 Å². The zero-order chi connectivity index (χ0) is 14.2. The molecule has 1 fully saturated rings. The van der Waals surface area contributed by atoms with Crippen LogP contribution in [-0.4, -0.2) is 38.6 Å². The molecule has 2 rings (SSSR count). The predicted octanol–water partition coefficient (Wildman–Crippen LogP) is 1.77. The minimum Gasteiger partial charge on any atom is -0.375 e. The Morgan fingerprint density at radius 1 is 1.35 bits per heavy atom. The van der Waals surface area contributed by atoms with Gasteiger partial charge < -0.3 is 15.5 Å². The summed E-state index contributed by atoms with van der Waals surface area (Å²) in [6, 6.07) is 10.3. The summed E-state index contributed by atoms with van der Waals surface area (Å²) in [4.78, 5) is 14.1. The van der Waals surface area contributed by atoms with Crippen molar-refractivity contribution in [3.8, 4) is 0 Å². The van der Waals surface area contributed by atoms with Crippen LogP contribution >= 0.6 is 0 Å². The van der Waals surface area contributed by atoms with Gasteiger partial charge >= 0.3 is 0 Å². The van der Waals surface area contributed by atoms with Crippen molar-refractivity contribution >= 4 is 11.6 Å². The second-order valence-electron chi connectivity index (χ2n) is 5.40. The lowest BCUT2D eigenvalue weighted by Gasteiger charge is -2.23. The average molecular weight is 275 g/mol. The van der Waals surface area contributed by atoms with Crippen molar-refractivity contribution in [1.82, 2.24) is 10.6 Å². The summed E-state index contributed by atoms with van der Waals surface area (Å²) in [6.07, 6.45) is 4.27. The molecule has 1 aliphatic heterocycles. The quantitative estimate of drug-likeness (QED) is 0.778. The first-order valence-electron chi connectivity index (χ1n) is 7.54. The third kappa shape index (κ3) is 4.53. The number of anilines is 1. The Balaban J connectivity index is 1.62. The Bertz CT molecular complexity index is 401. The van der Waals surface area contributed by atoms with Crippen LogP contribution in [-0.2, 0) is 4.79 Å². The third-order valence-electron chi connectivity index (χ3n) is 3.79. The number of carbonyl (C=O) groups is 1. The van der Waals surface area contributed by atoms with Gasteiger partial charge in [0.2, 0.25) is 5.91 Å². The first kappa shape index (κ1) is 14.9. The van der Waals surface area contributed by atoms with Crippen LogP contribution in [0.5, 0.6) is 0 Å². The Kier molecular flexibility index (Phi) is 5.87. The molecule has 20 heavy (non-hydrogen) atoms. The molecule has 0 spiro atoms. The predicted molar refractivity (Wildman–Crippen MR) is 83.0 cm³/mol. The minimum absolute atomic E-state index is 0.0237. The van der Waals surface area contributed by atoms with E-state index in [0.29, 0.717) is 0 Å². The van der Waals surface area contributed by atoms with Crippen LogP contribution < -0.4 is 15.5 Å². The second kappa shape index (κ2) is 7.90. The molecule has 0 aliphatic carbocycles. The molecule has 0 saturated carbocycles. The van der Waals surface area contributed by atoms with Crippen molar-refractivity contribution in [3.05, 3.63) is 30.3 Å². The van der Waals surface area contributed by atoms with E-state index in [9.17, 15) is 4.79 Å². The average Bonchev–Trinajstić information content (AvgIpc) is 2.53. The monoisotopic (exact) mass is 275 g/mol. The first-order chi connectivity index (χ1) is 9.77. The summed E-state index contributed by atoms with van der Waals surface area (Å²) >= 11 is 0. The second-order valence-corrected chi connectivity index (χ2v) is 5.40. The van der Waals surface area contributed by atoms with Gasteiger partial charge in [-0.25, -0.2) is 0 Å². The smallest absolute Gasteiger partial charge is 0.237 e. The number of benzene rings is 1. The lowest BCUT2D eigenvalue weighted by Crippen LogP contribution is -2.47. The van der Waals surface area contributed by atoms with E-state index in [-0.39, 0.29) is 11.9 Å². The van der Waals surface area contributed by atoms with Crippen molar-refractivity contribution in [2.45, 2.75) is 31.7 Å². The van der Waals surface area contributed by atoms with Crippen LogP contribution in [0, 0.1) is 0 Å². The fourth-order valence-corrected chi connectivity index (χ4v) is 2.54. The maximum absolute atomic E-state index is 11.9. The molecule has 0 radical (unpaired) electrons. The van der Waals surface area contributed by atoms with Crippen LogP contribution in [0.2, 0.25) is 0 Å². The number of hydrogen-bond acceptors (Lipinski definition) is 3. The molecule has 1 saturated heterocycles.